The Labute approximate surface area is 96.2 Å². The van der Waals surface area contributed by atoms with E-state index in [2.05, 4.69) is 44.8 Å². The standard InChI is InChI=1S/C10H21IN2/c1-3-4-7-12(2)10-5-8-13(11)9-6-10/h10H,3-9H2,1-2H3. The van der Waals surface area contributed by atoms with Crippen LogP contribution in [0.4, 0.5) is 0 Å². The first-order valence-corrected chi connectivity index (χ1v) is 6.31. The van der Waals surface area contributed by atoms with Gasteiger partial charge in [0, 0.05) is 42.0 Å². The van der Waals surface area contributed by atoms with Gasteiger partial charge in [0.25, 0.3) is 0 Å². The van der Waals surface area contributed by atoms with Gasteiger partial charge < -0.3 is 4.90 Å². The fourth-order valence-electron chi connectivity index (χ4n) is 1.87. The number of unbranched alkanes of at least 4 members (excludes halogenated alkanes) is 1. The quantitative estimate of drug-likeness (QED) is 0.581. The van der Waals surface area contributed by atoms with Crippen molar-refractivity contribution < 1.29 is 0 Å². The summed E-state index contributed by atoms with van der Waals surface area (Å²) >= 11 is 2.43. The van der Waals surface area contributed by atoms with Crippen LogP contribution in [0.5, 0.6) is 0 Å². The highest BCUT2D eigenvalue weighted by Gasteiger charge is 2.20. The van der Waals surface area contributed by atoms with Gasteiger partial charge >= 0.3 is 0 Å². The zero-order valence-corrected chi connectivity index (χ0v) is 11.0. The summed E-state index contributed by atoms with van der Waals surface area (Å²) in [6.45, 7) is 6.08. The molecule has 1 rings (SSSR count). The Kier molecular flexibility index (Phi) is 5.58. The van der Waals surface area contributed by atoms with E-state index in [-0.39, 0.29) is 0 Å². The molecule has 1 fully saturated rings. The van der Waals surface area contributed by atoms with Gasteiger partial charge in [-0.15, -0.1) is 0 Å². The summed E-state index contributed by atoms with van der Waals surface area (Å²) in [5.41, 5.74) is 0. The average Bonchev–Trinajstić information content (AvgIpc) is 2.15. The summed E-state index contributed by atoms with van der Waals surface area (Å²) in [5.74, 6) is 0. The van der Waals surface area contributed by atoms with Gasteiger partial charge in [-0.05, 0) is 32.9 Å². The third kappa shape index (κ3) is 4.13. The van der Waals surface area contributed by atoms with E-state index in [1.54, 1.807) is 0 Å². The number of piperidine rings is 1. The van der Waals surface area contributed by atoms with Crippen LogP contribution in [0.2, 0.25) is 0 Å². The number of rotatable bonds is 4. The minimum absolute atomic E-state index is 0.845. The van der Waals surface area contributed by atoms with Crippen molar-refractivity contribution in [2.45, 2.75) is 38.6 Å². The van der Waals surface area contributed by atoms with Gasteiger partial charge in [0.2, 0.25) is 0 Å². The second kappa shape index (κ2) is 6.19. The maximum atomic E-state index is 2.55. The van der Waals surface area contributed by atoms with Crippen LogP contribution in [-0.2, 0) is 0 Å². The molecule has 0 atom stereocenters. The van der Waals surface area contributed by atoms with E-state index in [4.69, 9.17) is 0 Å². The first-order chi connectivity index (χ1) is 6.24. The Morgan fingerprint density at radius 3 is 2.54 bits per heavy atom. The molecule has 1 saturated heterocycles. The molecule has 0 radical (unpaired) electrons. The second-order valence-electron chi connectivity index (χ2n) is 3.98. The monoisotopic (exact) mass is 296 g/mol. The lowest BCUT2D eigenvalue weighted by Crippen LogP contribution is -2.40. The molecule has 3 heteroatoms. The molecule has 0 unspecified atom stereocenters. The van der Waals surface area contributed by atoms with Crippen LogP contribution in [0.25, 0.3) is 0 Å². The third-order valence-corrected chi connectivity index (χ3v) is 3.86. The molecule has 0 aromatic rings. The van der Waals surface area contributed by atoms with Gasteiger partial charge in [-0.25, -0.2) is 3.11 Å². The van der Waals surface area contributed by atoms with Crippen molar-refractivity contribution in [1.82, 2.24) is 8.01 Å². The van der Waals surface area contributed by atoms with Crippen molar-refractivity contribution in [2.75, 3.05) is 26.7 Å². The lowest BCUT2D eigenvalue weighted by molar-refractivity contribution is 0.177. The first-order valence-electron chi connectivity index (χ1n) is 5.35. The van der Waals surface area contributed by atoms with Crippen molar-refractivity contribution in [2.24, 2.45) is 0 Å². The van der Waals surface area contributed by atoms with Gasteiger partial charge in [0.1, 0.15) is 0 Å². The lowest BCUT2D eigenvalue weighted by atomic mass is 10.1. The van der Waals surface area contributed by atoms with Gasteiger partial charge in [-0.1, -0.05) is 13.3 Å². The number of hydrogen-bond donors (Lipinski definition) is 0. The van der Waals surface area contributed by atoms with Gasteiger partial charge in [0.05, 0.1) is 0 Å². The van der Waals surface area contributed by atoms with Crippen LogP contribution in [-0.4, -0.2) is 40.7 Å². The molecule has 0 saturated carbocycles. The molecule has 0 N–H and O–H groups in total. The Morgan fingerprint density at radius 1 is 1.38 bits per heavy atom. The van der Waals surface area contributed by atoms with E-state index in [0.29, 0.717) is 0 Å². The molecule has 13 heavy (non-hydrogen) atoms. The van der Waals surface area contributed by atoms with Crippen molar-refractivity contribution in [3.8, 4) is 0 Å². The Morgan fingerprint density at radius 2 is 2.00 bits per heavy atom. The van der Waals surface area contributed by atoms with E-state index in [1.807, 2.05) is 0 Å². The highest BCUT2D eigenvalue weighted by atomic mass is 127. The predicted molar refractivity (Wildman–Crippen MR) is 66.2 cm³/mol. The topological polar surface area (TPSA) is 6.48 Å². The molecule has 0 amide bonds. The average molecular weight is 296 g/mol. The van der Waals surface area contributed by atoms with E-state index in [9.17, 15) is 0 Å². The molecular formula is C10H21IN2. The molecule has 1 aliphatic heterocycles. The van der Waals surface area contributed by atoms with Crippen LogP contribution in [0, 0.1) is 0 Å². The summed E-state index contributed by atoms with van der Waals surface area (Å²) in [5, 5.41) is 0. The highest BCUT2D eigenvalue weighted by Crippen LogP contribution is 2.17. The van der Waals surface area contributed by atoms with Crippen molar-refractivity contribution in [3.05, 3.63) is 0 Å². The third-order valence-electron chi connectivity index (χ3n) is 2.90. The van der Waals surface area contributed by atoms with Crippen LogP contribution < -0.4 is 0 Å². The predicted octanol–water partition coefficient (Wildman–Crippen LogP) is 2.53. The van der Waals surface area contributed by atoms with Gasteiger partial charge in [-0.2, -0.15) is 0 Å². The maximum Gasteiger partial charge on any atom is 0.0201 e. The molecule has 0 bridgehead atoms. The smallest absolute Gasteiger partial charge is 0.0201 e. The first kappa shape index (κ1) is 11.7. The lowest BCUT2D eigenvalue weighted by Gasteiger charge is -2.34. The number of hydrogen-bond acceptors (Lipinski definition) is 2. The fourth-order valence-corrected chi connectivity index (χ4v) is 2.42. The highest BCUT2D eigenvalue weighted by molar-refractivity contribution is 14.1. The van der Waals surface area contributed by atoms with Crippen molar-refractivity contribution in [3.63, 3.8) is 0 Å². The summed E-state index contributed by atoms with van der Waals surface area (Å²) in [6.07, 6.45) is 5.36. The zero-order valence-electron chi connectivity index (χ0n) is 8.80. The summed E-state index contributed by atoms with van der Waals surface area (Å²) < 4.78 is 2.40. The minimum atomic E-state index is 0.845. The largest absolute Gasteiger partial charge is 0.303 e. The normalized spacial score (nSPS) is 21.2. The molecule has 0 aromatic heterocycles. The fraction of sp³-hybridized carbons (Fsp3) is 1.00. The van der Waals surface area contributed by atoms with Crippen LogP contribution >= 0.6 is 22.9 Å². The van der Waals surface area contributed by atoms with Crippen molar-refractivity contribution >= 4 is 22.9 Å². The minimum Gasteiger partial charge on any atom is -0.303 e. The Hall–Kier alpha value is 0.650. The van der Waals surface area contributed by atoms with Gasteiger partial charge in [-0.3, -0.25) is 0 Å². The molecule has 1 aliphatic rings. The Bertz CT molecular complexity index is 133. The molecule has 0 aromatic carbocycles. The Balaban J connectivity index is 2.19. The van der Waals surface area contributed by atoms with Gasteiger partial charge in [0.15, 0.2) is 0 Å². The van der Waals surface area contributed by atoms with Crippen LogP contribution in [0.3, 0.4) is 0 Å². The van der Waals surface area contributed by atoms with E-state index in [1.165, 1.54) is 45.3 Å². The molecule has 2 nitrogen and oxygen atoms in total. The second-order valence-corrected chi connectivity index (χ2v) is 5.34. The van der Waals surface area contributed by atoms with E-state index >= 15 is 0 Å². The summed E-state index contributed by atoms with van der Waals surface area (Å²) in [7, 11) is 2.28. The molecule has 78 valence electrons. The zero-order chi connectivity index (χ0) is 9.68. The summed E-state index contributed by atoms with van der Waals surface area (Å²) in [4.78, 5) is 2.55. The SMILES string of the molecule is CCCCN(C)C1CCN(I)CC1. The van der Waals surface area contributed by atoms with Crippen LogP contribution in [0.15, 0.2) is 0 Å². The number of nitrogens with zero attached hydrogens (tertiary/aromatic N) is 2. The van der Waals surface area contributed by atoms with E-state index < -0.39 is 0 Å². The molecular weight excluding hydrogens is 275 g/mol. The number of halogens is 1. The van der Waals surface area contributed by atoms with Crippen molar-refractivity contribution in [1.29, 1.82) is 0 Å². The molecule has 1 heterocycles. The van der Waals surface area contributed by atoms with E-state index in [0.717, 1.165) is 6.04 Å². The maximum absolute atomic E-state index is 2.55. The molecule has 0 spiro atoms. The summed E-state index contributed by atoms with van der Waals surface area (Å²) in [6, 6.07) is 0.845. The van der Waals surface area contributed by atoms with Crippen LogP contribution in [0.1, 0.15) is 32.6 Å². The molecule has 0 aliphatic carbocycles.